The van der Waals surface area contributed by atoms with Crippen molar-refractivity contribution in [1.82, 2.24) is 25.5 Å². The van der Waals surface area contributed by atoms with Crippen LogP contribution in [0.2, 0.25) is 0 Å². The molecule has 9 rings (SSSR count). The van der Waals surface area contributed by atoms with Crippen molar-refractivity contribution < 1.29 is 205 Å². The molecule has 0 aromatic heterocycles. The maximum absolute atomic E-state index is 13.0. The van der Waals surface area contributed by atoms with Crippen LogP contribution in [0.5, 0.6) is 0 Å². The van der Waals surface area contributed by atoms with Crippen LogP contribution in [0.15, 0.2) is 54.6 Å². The predicted octanol–water partition coefficient (Wildman–Crippen LogP) is -13.9. The molecule has 0 bridgehead atoms. The molecule has 12 unspecified atom stereocenters. The van der Waals surface area contributed by atoms with Crippen LogP contribution in [0.1, 0.15) is 59.9 Å². The zero-order valence-electron chi connectivity index (χ0n) is 65.1. The van der Waals surface area contributed by atoms with E-state index in [-0.39, 0.29) is 23.2 Å². The number of ether oxygens (including phenoxy) is 12. The third kappa shape index (κ3) is 24.1. The molecule has 7 fully saturated rings. The number of nitrogens with one attached hydrogen (secondary N) is 5. The second-order valence-electron chi connectivity index (χ2n) is 29.9. The molecule has 119 heavy (non-hydrogen) atoms. The van der Waals surface area contributed by atoms with E-state index in [0.29, 0.717) is 5.56 Å². The molecule has 0 aliphatic carbocycles. The first-order valence-electron chi connectivity index (χ1n) is 37.8. The van der Waals surface area contributed by atoms with E-state index >= 15 is 0 Å². The molecular weight excluding hydrogens is 1690 g/mol. The standard InChI is InChI=1S/C38H55GeN3O17.C32H54N2O25S/c1-17-27(41-18(2)44)31(50)34(24(15-43)56-17)58-36-33(52)32(51)30(49)25(57-36)16-55-38(37(53)54)13-22(45)28(42-39)35(59-38)29(48)23(46)14-40-26(47)12-19-8-10-21(11-9-19)20-6-4-3-5-7-20;1-9-17(33-11(3)37)27(57-29-23(45)22(44)19(41)10(2)54-29)25(15(7-36)53-9)56-30-24(46)28(21(43)16(55-30)8-52-60(49,50)51)59-32(31(47)48)5-13(39)18(34-12(4)38)26(58-32)20(42)14(40)6-35/h3-11,17,22-25,27-36,42-43,45-46,48-52H,12-16H2,1-2,39H3,(H,40,47)(H,41,44)(H,53,54);9-10,13-30,35-36,39-46H,5-8H2,1-4H3,(H,33,37)(H,34,38)(H,47,48)(H,49,50,51)/p-1/t17-,22+,23+,24?,25?,27?,28+,29+,30-,31+,32-,33?,34+,35?,36-,38+;9-,10?,13+,14+,15?,16?,17?,18+,19+,20+,21-,22-,23?,24?,25+,26?,27+,28-,29-,30-,32-/m00/s1. The van der Waals surface area contributed by atoms with Crippen molar-refractivity contribution in [3.05, 3.63) is 60.2 Å². The molecule has 49 heteroatoms. The Labute approximate surface area is 687 Å². The van der Waals surface area contributed by atoms with E-state index in [4.69, 9.17) is 56.8 Å². The van der Waals surface area contributed by atoms with Crippen molar-refractivity contribution in [2.24, 2.45) is 0 Å². The normalized spacial score (nSPS) is 39.9. The van der Waals surface area contributed by atoms with Crippen LogP contribution < -0.4 is 25.5 Å². The SMILES string of the molecule is CC(=O)NC1[C@H](C)OC(CO)[C@@H](O[C@@H]2OC(COS(=O)(=O)[O-])[C@H](O)[C@H](O[C@]3(C(=O)O)C[C@@H](O)[C@@H](NC(C)=O)C([C@H](O)[C@H](O)CO)O3)C2O)[C@@H]1O[C@@H]1OC(C)[C@@H](O)[C@H](O)C1O.CC(=O)NC1[C@H](C)OC(CO)[C@@H](O[C@@H]2OC(CO[C@]3(C(=O)O)C[C@@H](O)[C@@H]([NH][GeH3])C([C@H](O)[C@H](O)CNC(=O)Cc4ccc(-c5ccccc5)cc4)O3)[C@H](O)[C@H](O)C2O)[C@@H]1O. The van der Waals surface area contributed by atoms with E-state index in [1.54, 1.807) is 19.1 Å². The van der Waals surface area contributed by atoms with Crippen LogP contribution >= 0.6 is 0 Å². The molecule has 7 aliphatic rings. The summed E-state index contributed by atoms with van der Waals surface area (Å²) >= 11 is -0.183. The van der Waals surface area contributed by atoms with E-state index in [2.05, 4.69) is 29.7 Å². The Morgan fingerprint density at radius 2 is 0.983 bits per heavy atom. The summed E-state index contributed by atoms with van der Waals surface area (Å²) in [5, 5.41) is 224. The van der Waals surface area contributed by atoms with Gasteiger partial charge in [-0.15, -0.1) is 0 Å². The van der Waals surface area contributed by atoms with Crippen LogP contribution in [0.4, 0.5) is 0 Å². The number of carbonyl (C=O) groups is 6. The molecule has 7 heterocycles. The molecule has 4 amide bonds. The van der Waals surface area contributed by atoms with Gasteiger partial charge in [0.05, 0.1) is 69.0 Å². The summed E-state index contributed by atoms with van der Waals surface area (Å²) < 4.78 is 111. The minimum Gasteiger partial charge on any atom is -0.388 e. The number of aliphatic hydroxyl groups excluding tert-OH is 18. The number of hydrogen-bond donors (Lipinski definition) is 25. The molecule has 7 saturated heterocycles. The minimum absolute atomic E-state index is 0.0419. The average molecular weight is 1800 g/mol. The van der Waals surface area contributed by atoms with Crippen molar-refractivity contribution >= 4 is 62.7 Å². The summed E-state index contributed by atoms with van der Waals surface area (Å²) in [4.78, 5) is 74.7. The average Bonchev–Trinajstić information content (AvgIpc) is 0.739. The third-order valence-electron chi connectivity index (χ3n) is 21.3. The molecule has 37 atom stereocenters. The van der Waals surface area contributed by atoms with Crippen LogP contribution in [0, 0.1) is 0 Å². The first kappa shape index (κ1) is 98.9. The van der Waals surface area contributed by atoms with Crippen LogP contribution in [-0.4, -0.2) is 433 Å². The Morgan fingerprint density at radius 1 is 0.513 bits per heavy atom. The summed E-state index contributed by atoms with van der Waals surface area (Å²) in [6, 6.07) is 11.9. The van der Waals surface area contributed by atoms with E-state index in [1.807, 2.05) is 42.5 Å². The Kier molecular flexibility index (Phi) is 35.6. The number of aliphatic hydroxyl groups is 18. The number of hydrogen-bond acceptors (Lipinski definition) is 41. The van der Waals surface area contributed by atoms with Crippen molar-refractivity contribution in [3.8, 4) is 11.1 Å². The molecule has 0 saturated carbocycles. The first-order chi connectivity index (χ1) is 55.8. The number of carboxylic acids is 2. The zero-order valence-corrected chi connectivity index (χ0v) is 70.1. The Bertz CT molecular complexity index is 3750. The number of carbonyl (C=O) groups excluding carboxylic acids is 4. The van der Waals surface area contributed by atoms with Crippen molar-refractivity contribution in [2.75, 3.05) is 39.6 Å². The molecule has 25 N–H and O–H groups in total. The number of amides is 4. The van der Waals surface area contributed by atoms with Gasteiger partial charge in [0.25, 0.3) is 5.79 Å². The Morgan fingerprint density at radius 3 is 1.54 bits per heavy atom. The van der Waals surface area contributed by atoms with E-state index in [0.717, 1.165) is 25.0 Å². The van der Waals surface area contributed by atoms with E-state index in [9.17, 15) is 144 Å². The number of aliphatic carboxylic acids is 2. The summed E-state index contributed by atoms with van der Waals surface area (Å²) in [5.41, 5.74) is 2.65. The molecule has 0 spiro atoms. The molecular formula is C70H108GeN5O42S-. The Balaban J connectivity index is 0.000000296. The molecule has 47 nitrogen and oxygen atoms in total. The van der Waals surface area contributed by atoms with Gasteiger partial charge in [-0.3, -0.25) is 18.6 Å². The predicted molar refractivity (Wildman–Crippen MR) is 391 cm³/mol. The van der Waals surface area contributed by atoms with Gasteiger partial charge < -0.3 is 125 Å². The van der Waals surface area contributed by atoms with Gasteiger partial charge in [0, 0.05) is 27.2 Å². The fourth-order valence-electron chi connectivity index (χ4n) is 15.0. The van der Waals surface area contributed by atoms with Gasteiger partial charge in [-0.1, -0.05) is 30.3 Å². The van der Waals surface area contributed by atoms with Gasteiger partial charge in [-0.2, -0.15) is 0 Å². The molecule has 2 aromatic rings. The van der Waals surface area contributed by atoms with E-state index in [1.165, 1.54) is 20.8 Å². The second kappa shape index (κ2) is 42.9. The fraction of sp³-hybridized carbons (Fsp3) is 0.743. The zero-order chi connectivity index (χ0) is 88.4. The summed E-state index contributed by atoms with van der Waals surface area (Å²) in [6.07, 6.45) is -57.2. The third-order valence-corrected chi connectivity index (χ3v) is 23.1. The molecule has 7 aliphatic heterocycles. The maximum atomic E-state index is 13.0. The van der Waals surface area contributed by atoms with Crippen molar-refractivity contribution in [3.63, 3.8) is 0 Å². The monoisotopic (exact) mass is 1800 g/mol. The summed E-state index contributed by atoms with van der Waals surface area (Å²) in [6.45, 7) is 2.19. The van der Waals surface area contributed by atoms with Gasteiger partial charge in [-0.05, 0) is 31.9 Å². The number of benzene rings is 2. The quantitative estimate of drug-likeness (QED) is 0.0184. The van der Waals surface area contributed by atoms with Gasteiger partial charge >= 0.3 is 237 Å². The van der Waals surface area contributed by atoms with Crippen LogP contribution in [0.3, 0.4) is 0 Å². The molecule has 0 radical (unpaired) electrons. The Hall–Kier alpha value is -5.57. The van der Waals surface area contributed by atoms with Gasteiger partial charge in [0.15, 0.2) is 12.6 Å². The summed E-state index contributed by atoms with van der Waals surface area (Å²) in [7, 11) is -5.54. The van der Waals surface area contributed by atoms with Crippen LogP contribution in [0.25, 0.3) is 11.1 Å². The van der Waals surface area contributed by atoms with Crippen molar-refractivity contribution in [2.45, 2.75) is 286 Å². The molecule has 2 aromatic carbocycles. The molecule has 676 valence electrons. The smallest absolute Gasteiger partial charge is 0.388 e. The van der Waals surface area contributed by atoms with Crippen LogP contribution in [-0.2, 0) is 107 Å². The van der Waals surface area contributed by atoms with Gasteiger partial charge in [-0.25, -0.2) is 13.2 Å². The van der Waals surface area contributed by atoms with Gasteiger partial charge in [0.1, 0.15) is 91.6 Å². The van der Waals surface area contributed by atoms with E-state index < -0.39 is 324 Å². The summed E-state index contributed by atoms with van der Waals surface area (Å²) in [5.74, 6) is -12.3. The van der Waals surface area contributed by atoms with Crippen molar-refractivity contribution in [1.29, 1.82) is 0 Å². The second-order valence-corrected chi connectivity index (χ2v) is 32.1. The van der Waals surface area contributed by atoms with Gasteiger partial charge in [0.2, 0.25) is 28.1 Å². The number of carboxylic acid groups (broad SMARTS) is 2. The first-order valence-corrected chi connectivity index (χ1v) is 41.2. The minimum atomic E-state index is -5.54. The topological polar surface area (TPSA) is 744 Å². The fourth-order valence-corrected chi connectivity index (χ4v) is 16.7. The number of rotatable bonds is 32.